The van der Waals surface area contributed by atoms with Gasteiger partial charge in [-0.15, -0.1) is 0 Å². The van der Waals surface area contributed by atoms with Crippen molar-refractivity contribution in [1.82, 2.24) is 9.78 Å². The molecule has 1 aromatic heterocycles. The van der Waals surface area contributed by atoms with Gasteiger partial charge in [-0.1, -0.05) is 6.07 Å². The quantitative estimate of drug-likeness (QED) is 0.944. The van der Waals surface area contributed by atoms with E-state index in [-0.39, 0.29) is 6.04 Å². The SMILES string of the molecule is CC(C)n1nccc1NS(=O)(=O)c1ccc2c(c1)CCC2. The Kier molecular flexibility index (Phi) is 3.49. The van der Waals surface area contributed by atoms with Crippen LogP contribution in [0.2, 0.25) is 0 Å². The first-order chi connectivity index (χ1) is 9.97. The molecule has 0 atom stereocenters. The molecule has 0 saturated heterocycles. The summed E-state index contributed by atoms with van der Waals surface area (Å²) in [6.07, 6.45) is 4.71. The number of aryl methyl sites for hydroxylation is 2. The largest absolute Gasteiger partial charge is 0.264 e. The van der Waals surface area contributed by atoms with Crippen LogP contribution in [0.3, 0.4) is 0 Å². The van der Waals surface area contributed by atoms with E-state index < -0.39 is 10.0 Å². The Morgan fingerprint density at radius 3 is 2.71 bits per heavy atom. The third kappa shape index (κ3) is 2.68. The molecule has 1 aliphatic rings. The third-order valence-electron chi connectivity index (χ3n) is 3.78. The Labute approximate surface area is 125 Å². The molecule has 3 rings (SSSR count). The number of aromatic nitrogens is 2. The van der Waals surface area contributed by atoms with Crippen LogP contribution in [0.5, 0.6) is 0 Å². The fourth-order valence-electron chi connectivity index (χ4n) is 2.72. The Bertz CT molecular complexity index is 763. The smallest absolute Gasteiger partial charge is 0.263 e. The van der Waals surface area contributed by atoms with Gasteiger partial charge in [0.05, 0.1) is 11.1 Å². The van der Waals surface area contributed by atoms with Crippen LogP contribution in [0, 0.1) is 0 Å². The van der Waals surface area contributed by atoms with E-state index >= 15 is 0 Å². The molecule has 21 heavy (non-hydrogen) atoms. The van der Waals surface area contributed by atoms with Crippen molar-refractivity contribution in [2.75, 3.05) is 4.72 Å². The lowest BCUT2D eigenvalue weighted by Crippen LogP contribution is -2.17. The van der Waals surface area contributed by atoms with Crippen molar-refractivity contribution in [3.63, 3.8) is 0 Å². The highest BCUT2D eigenvalue weighted by Crippen LogP contribution is 2.26. The predicted octanol–water partition coefficient (Wildman–Crippen LogP) is 2.75. The van der Waals surface area contributed by atoms with Gasteiger partial charge in [0.2, 0.25) is 0 Å². The van der Waals surface area contributed by atoms with Crippen molar-refractivity contribution in [2.24, 2.45) is 0 Å². The highest BCUT2D eigenvalue weighted by molar-refractivity contribution is 7.92. The van der Waals surface area contributed by atoms with Crippen molar-refractivity contribution in [2.45, 2.75) is 44.0 Å². The average molecular weight is 305 g/mol. The van der Waals surface area contributed by atoms with E-state index in [9.17, 15) is 8.42 Å². The zero-order chi connectivity index (χ0) is 15.0. The monoisotopic (exact) mass is 305 g/mol. The minimum atomic E-state index is -3.57. The standard InChI is InChI=1S/C15H19N3O2S/c1-11(2)18-15(8-9-16-18)17-21(19,20)14-7-6-12-4-3-5-13(12)10-14/h6-11,17H,3-5H2,1-2H3. The highest BCUT2D eigenvalue weighted by Gasteiger charge is 2.20. The normalized spacial score (nSPS) is 14.4. The minimum absolute atomic E-state index is 0.0951. The molecule has 1 aliphatic carbocycles. The zero-order valence-electron chi connectivity index (χ0n) is 12.2. The van der Waals surface area contributed by atoms with Crippen molar-refractivity contribution in [1.29, 1.82) is 0 Å². The lowest BCUT2D eigenvalue weighted by atomic mass is 10.1. The molecule has 1 aromatic carbocycles. The van der Waals surface area contributed by atoms with Gasteiger partial charge in [-0.25, -0.2) is 13.1 Å². The Morgan fingerprint density at radius 1 is 1.19 bits per heavy atom. The van der Waals surface area contributed by atoms with Gasteiger partial charge >= 0.3 is 0 Å². The van der Waals surface area contributed by atoms with Gasteiger partial charge in [0.1, 0.15) is 5.82 Å². The number of nitrogens with one attached hydrogen (secondary N) is 1. The summed E-state index contributed by atoms with van der Waals surface area (Å²) in [5, 5.41) is 4.14. The van der Waals surface area contributed by atoms with Crippen LogP contribution in [0.4, 0.5) is 5.82 Å². The molecule has 6 heteroatoms. The van der Waals surface area contributed by atoms with Gasteiger partial charge in [0.25, 0.3) is 10.0 Å². The van der Waals surface area contributed by atoms with Gasteiger partial charge in [-0.3, -0.25) is 4.72 Å². The molecule has 0 bridgehead atoms. The molecule has 0 spiro atoms. The van der Waals surface area contributed by atoms with Crippen molar-refractivity contribution in [3.05, 3.63) is 41.6 Å². The number of hydrogen-bond acceptors (Lipinski definition) is 3. The number of rotatable bonds is 4. The maximum absolute atomic E-state index is 12.5. The molecule has 0 fully saturated rings. The van der Waals surface area contributed by atoms with Crippen LogP contribution in [-0.2, 0) is 22.9 Å². The van der Waals surface area contributed by atoms with E-state index in [1.54, 1.807) is 29.1 Å². The number of fused-ring (bicyclic) bond motifs is 1. The summed E-state index contributed by atoms with van der Waals surface area (Å²) in [5.41, 5.74) is 2.41. The summed E-state index contributed by atoms with van der Waals surface area (Å²) in [6, 6.07) is 7.17. The lowest BCUT2D eigenvalue weighted by Gasteiger charge is -2.13. The van der Waals surface area contributed by atoms with Gasteiger partial charge in [-0.05, 0) is 56.4 Å². The van der Waals surface area contributed by atoms with Crippen molar-refractivity contribution >= 4 is 15.8 Å². The van der Waals surface area contributed by atoms with Crippen molar-refractivity contribution < 1.29 is 8.42 Å². The van der Waals surface area contributed by atoms with Crippen LogP contribution in [-0.4, -0.2) is 18.2 Å². The van der Waals surface area contributed by atoms with Gasteiger partial charge in [0, 0.05) is 12.1 Å². The first-order valence-electron chi connectivity index (χ1n) is 7.15. The maximum Gasteiger partial charge on any atom is 0.263 e. The fraction of sp³-hybridized carbons (Fsp3) is 0.400. The summed E-state index contributed by atoms with van der Waals surface area (Å²) in [6.45, 7) is 3.92. The second kappa shape index (κ2) is 5.18. The molecule has 5 nitrogen and oxygen atoms in total. The molecule has 2 aromatic rings. The predicted molar refractivity (Wildman–Crippen MR) is 81.9 cm³/mol. The van der Waals surface area contributed by atoms with E-state index in [0.29, 0.717) is 10.7 Å². The van der Waals surface area contributed by atoms with E-state index in [2.05, 4.69) is 9.82 Å². The van der Waals surface area contributed by atoms with E-state index in [1.807, 2.05) is 19.9 Å². The maximum atomic E-state index is 12.5. The summed E-state index contributed by atoms with van der Waals surface area (Å²) < 4.78 is 29.3. The molecule has 1 heterocycles. The third-order valence-corrected chi connectivity index (χ3v) is 5.13. The molecule has 0 radical (unpaired) electrons. The van der Waals surface area contributed by atoms with E-state index in [4.69, 9.17) is 0 Å². The Morgan fingerprint density at radius 2 is 1.95 bits per heavy atom. The lowest BCUT2D eigenvalue weighted by molar-refractivity contribution is 0.539. The second-order valence-corrected chi connectivity index (χ2v) is 7.33. The van der Waals surface area contributed by atoms with Gasteiger partial charge in [-0.2, -0.15) is 5.10 Å². The Hall–Kier alpha value is -1.82. The minimum Gasteiger partial charge on any atom is -0.264 e. The van der Waals surface area contributed by atoms with E-state index in [0.717, 1.165) is 24.8 Å². The summed E-state index contributed by atoms with van der Waals surface area (Å²) in [7, 11) is -3.57. The Balaban J connectivity index is 1.92. The summed E-state index contributed by atoms with van der Waals surface area (Å²) in [4.78, 5) is 0.319. The number of benzene rings is 1. The first kappa shape index (κ1) is 14.1. The zero-order valence-corrected chi connectivity index (χ0v) is 13.0. The van der Waals surface area contributed by atoms with Crippen LogP contribution in [0.25, 0.3) is 0 Å². The molecular formula is C15H19N3O2S. The topological polar surface area (TPSA) is 64.0 Å². The number of sulfonamides is 1. The van der Waals surface area contributed by atoms with Crippen molar-refractivity contribution in [3.8, 4) is 0 Å². The number of nitrogens with zero attached hydrogens (tertiary/aromatic N) is 2. The second-order valence-electron chi connectivity index (χ2n) is 5.64. The molecule has 0 aliphatic heterocycles. The summed E-state index contributed by atoms with van der Waals surface area (Å²) in [5.74, 6) is 0.491. The molecule has 112 valence electrons. The molecule has 0 unspecified atom stereocenters. The molecule has 1 N–H and O–H groups in total. The van der Waals surface area contributed by atoms with Crippen LogP contribution in [0.15, 0.2) is 35.4 Å². The van der Waals surface area contributed by atoms with Crippen LogP contribution in [0.1, 0.15) is 37.4 Å². The average Bonchev–Trinajstić information content (AvgIpc) is 3.05. The summed E-state index contributed by atoms with van der Waals surface area (Å²) >= 11 is 0. The van der Waals surface area contributed by atoms with Gasteiger partial charge < -0.3 is 0 Å². The fourth-order valence-corrected chi connectivity index (χ4v) is 3.82. The highest BCUT2D eigenvalue weighted by atomic mass is 32.2. The molecular weight excluding hydrogens is 286 g/mol. The van der Waals surface area contributed by atoms with Crippen LogP contribution < -0.4 is 4.72 Å². The first-order valence-corrected chi connectivity index (χ1v) is 8.64. The van der Waals surface area contributed by atoms with E-state index in [1.165, 1.54) is 5.56 Å². The van der Waals surface area contributed by atoms with Crippen LogP contribution >= 0.6 is 0 Å². The molecule has 0 amide bonds. The number of anilines is 1. The number of hydrogen-bond donors (Lipinski definition) is 1. The molecule has 0 saturated carbocycles. The van der Waals surface area contributed by atoms with Gasteiger partial charge in [0.15, 0.2) is 0 Å².